The minimum Gasteiger partial charge on any atom is -0.457 e. The summed E-state index contributed by atoms with van der Waals surface area (Å²) in [6, 6.07) is 9.09. The molecule has 8 heteroatoms. The lowest BCUT2D eigenvalue weighted by atomic mass is 10.1. The predicted octanol–water partition coefficient (Wildman–Crippen LogP) is 3.26. The first-order chi connectivity index (χ1) is 10.8. The maximum Gasteiger partial charge on any atom is 0.573 e. The normalized spacial score (nSPS) is 13.5. The fourth-order valence-corrected chi connectivity index (χ4v) is 2.06. The van der Waals surface area contributed by atoms with Gasteiger partial charge in [-0.1, -0.05) is 0 Å². The Bertz CT molecular complexity index is 784. The van der Waals surface area contributed by atoms with E-state index in [0.717, 1.165) is 12.1 Å². The molecule has 0 aromatic heterocycles. The van der Waals surface area contributed by atoms with Crippen LogP contribution in [0.1, 0.15) is 20.7 Å². The van der Waals surface area contributed by atoms with Crippen molar-refractivity contribution in [3.63, 3.8) is 0 Å². The van der Waals surface area contributed by atoms with Gasteiger partial charge in [-0.15, -0.1) is 13.2 Å². The van der Waals surface area contributed by atoms with Gasteiger partial charge in [0.05, 0.1) is 11.1 Å². The Balaban J connectivity index is 1.77. The van der Waals surface area contributed by atoms with Gasteiger partial charge in [0.25, 0.3) is 11.8 Å². The Morgan fingerprint density at radius 3 is 2.00 bits per heavy atom. The van der Waals surface area contributed by atoms with Crippen LogP contribution in [-0.2, 0) is 0 Å². The molecule has 0 aliphatic carbocycles. The molecule has 3 rings (SSSR count). The molecule has 0 spiro atoms. The average molecular weight is 323 g/mol. The summed E-state index contributed by atoms with van der Waals surface area (Å²) >= 11 is 0. The standard InChI is InChI=1S/C15H8F3NO4/c16-15(17,18)23-9-3-1-8(2-4-9)22-10-5-6-11-12(7-10)14(21)19-13(11)20/h1-7H,(H,19,20,21). The summed E-state index contributed by atoms with van der Waals surface area (Å²) in [4.78, 5) is 23.0. The van der Waals surface area contributed by atoms with Gasteiger partial charge < -0.3 is 9.47 Å². The van der Waals surface area contributed by atoms with Crippen molar-refractivity contribution in [2.45, 2.75) is 6.36 Å². The van der Waals surface area contributed by atoms with E-state index in [4.69, 9.17) is 4.74 Å². The zero-order valence-corrected chi connectivity index (χ0v) is 11.3. The molecule has 0 bridgehead atoms. The maximum atomic E-state index is 12.1. The molecule has 1 aliphatic heterocycles. The first-order valence-corrected chi connectivity index (χ1v) is 6.35. The van der Waals surface area contributed by atoms with E-state index in [1.807, 2.05) is 0 Å². The van der Waals surface area contributed by atoms with Crippen LogP contribution in [0.2, 0.25) is 0 Å². The van der Waals surface area contributed by atoms with Crippen molar-refractivity contribution in [1.82, 2.24) is 5.32 Å². The molecule has 2 amide bonds. The van der Waals surface area contributed by atoms with Gasteiger partial charge in [0, 0.05) is 0 Å². The molecule has 1 heterocycles. The fourth-order valence-electron chi connectivity index (χ4n) is 2.06. The van der Waals surface area contributed by atoms with E-state index in [9.17, 15) is 22.8 Å². The SMILES string of the molecule is O=C1NC(=O)c2cc(Oc3ccc(OC(F)(F)F)cc3)ccc21. The number of carbonyl (C=O) groups excluding carboxylic acids is 2. The van der Waals surface area contributed by atoms with Crippen LogP contribution < -0.4 is 14.8 Å². The second-order valence-corrected chi connectivity index (χ2v) is 4.61. The lowest BCUT2D eigenvalue weighted by Gasteiger charge is -2.10. The second kappa shape index (κ2) is 5.31. The number of rotatable bonds is 3. The van der Waals surface area contributed by atoms with Crippen LogP contribution in [0.4, 0.5) is 13.2 Å². The van der Waals surface area contributed by atoms with Crippen molar-refractivity contribution in [3.05, 3.63) is 53.6 Å². The molecular weight excluding hydrogens is 315 g/mol. The smallest absolute Gasteiger partial charge is 0.457 e. The highest BCUT2D eigenvalue weighted by Gasteiger charge is 2.31. The highest BCUT2D eigenvalue weighted by atomic mass is 19.4. The van der Waals surface area contributed by atoms with Crippen LogP contribution in [-0.4, -0.2) is 18.2 Å². The lowest BCUT2D eigenvalue weighted by molar-refractivity contribution is -0.274. The monoisotopic (exact) mass is 323 g/mol. The van der Waals surface area contributed by atoms with Crippen molar-refractivity contribution < 1.29 is 32.2 Å². The van der Waals surface area contributed by atoms with E-state index in [1.165, 1.54) is 30.3 Å². The molecule has 2 aromatic rings. The molecule has 23 heavy (non-hydrogen) atoms. The summed E-state index contributed by atoms with van der Waals surface area (Å²) in [5.41, 5.74) is 0.431. The third-order valence-electron chi connectivity index (χ3n) is 3.00. The highest BCUT2D eigenvalue weighted by Crippen LogP contribution is 2.29. The van der Waals surface area contributed by atoms with Crippen LogP contribution in [0.5, 0.6) is 17.2 Å². The van der Waals surface area contributed by atoms with Gasteiger partial charge in [-0.05, 0) is 42.5 Å². The summed E-state index contributed by atoms with van der Waals surface area (Å²) in [7, 11) is 0. The Morgan fingerprint density at radius 1 is 0.783 bits per heavy atom. The molecule has 0 unspecified atom stereocenters. The van der Waals surface area contributed by atoms with Gasteiger partial charge >= 0.3 is 6.36 Å². The highest BCUT2D eigenvalue weighted by molar-refractivity contribution is 6.21. The number of benzene rings is 2. The van der Waals surface area contributed by atoms with E-state index >= 15 is 0 Å². The van der Waals surface area contributed by atoms with Crippen LogP contribution in [0.25, 0.3) is 0 Å². The van der Waals surface area contributed by atoms with Crippen molar-refractivity contribution in [2.24, 2.45) is 0 Å². The number of amides is 2. The zero-order valence-electron chi connectivity index (χ0n) is 11.3. The van der Waals surface area contributed by atoms with Crippen molar-refractivity contribution in [1.29, 1.82) is 0 Å². The zero-order chi connectivity index (χ0) is 16.6. The molecule has 5 nitrogen and oxygen atoms in total. The topological polar surface area (TPSA) is 64.6 Å². The third kappa shape index (κ3) is 3.25. The van der Waals surface area contributed by atoms with E-state index in [-0.39, 0.29) is 28.4 Å². The van der Waals surface area contributed by atoms with E-state index in [0.29, 0.717) is 0 Å². The molecule has 0 saturated carbocycles. The molecule has 0 radical (unpaired) electrons. The number of fused-ring (bicyclic) bond motifs is 1. The predicted molar refractivity (Wildman–Crippen MR) is 71.4 cm³/mol. The minimum atomic E-state index is -4.76. The summed E-state index contributed by atoms with van der Waals surface area (Å²) in [6.45, 7) is 0. The van der Waals surface area contributed by atoms with Gasteiger partial charge in [-0.2, -0.15) is 0 Å². The number of ether oxygens (including phenoxy) is 2. The molecule has 118 valence electrons. The molecule has 1 aliphatic rings. The summed E-state index contributed by atoms with van der Waals surface area (Å²) in [6.07, 6.45) is -4.76. The van der Waals surface area contributed by atoms with Crippen LogP contribution in [0.15, 0.2) is 42.5 Å². The minimum absolute atomic E-state index is 0.185. The van der Waals surface area contributed by atoms with Crippen LogP contribution >= 0.6 is 0 Å². The Labute approximate surface area is 127 Å². The second-order valence-electron chi connectivity index (χ2n) is 4.61. The largest absolute Gasteiger partial charge is 0.573 e. The maximum absolute atomic E-state index is 12.1. The number of alkyl halides is 3. The number of carbonyl (C=O) groups is 2. The first-order valence-electron chi connectivity index (χ1n) is 6.35. The van der Waals surface area contributed by atoms with Crippen molar-refractivity contribution >= 4 is 11.8 Å². The van der Waals surface area contributed by atoms with Crippen molar-refractivity contribution in [2.75, 3.05) is 0 Å². The van der Waals surface area contributed by atoms with Crippen molar-refractivity contribution in [3.8, 4) is 17.2 Å². The quantitative estimate of drug-likeness (QED) is 0.881. The van der Waals surface area contributed by atoms with E-state index in [1.54, 1.807) is 0 Å². The number of imide groups is 1. The number of halogens is 3. The van der Waals surface area contributed by atoms with Gasteiger partial charge in [-0.25, -0.2) is 0 Å². The van der Waals surface area contributed by atoms with Crippen LogP contribution in [0.3, 0.4) is 0 Å². The molecule has 0 saturated heterocycles. The number of hydrogen-bond donors (Lipinski definition) is 1. The van der Waals surface area contributed by atoms with Gasteiger partial charge in [0.1, 0.15) is 17.2 Å². The third-order valence-corrected chi connectivity index (χ3v) is 3.00. The molecular formula is C15H8F3NO4. The molecule has 0 atom stereocenters. The van der Waals surface area contributed by atoms with Crippen LogP contribution in [0, 0.1) is 0 Å². The average Bonchev–Trinajstić information content (AvgIpc) is 2.74. The molecule has 1 N–H and O–H groups in total. The molecule has 0 fully saturated rings. The fraction of sp³-hybridized carbons (Fsp3) is 0.0667. The van der Waals surface area contributed by atoms with E-state index in [2.05, 4.69) is 10.1 Å². The Hall–Kier alpha value is -3.03. The number of nitrogens with one attached hydrogen (secondary N) is 1. The molecule has 2 aromatic carbocycles. The van der Waals surface area contributed by atoms with Gasteiger partial charge in [-0.3, -0.25) is 14.9 Å². The van der Waals surface area contributed by atoms with Gasteiger partial charge in [0.2, 0.25) is 0 Å². The Morgan fingerprint density at radius 2 is 1.35 bits per heavy atom. The Kier molecular flexibility index (Phi) is 3.44. The summed E-state index contributed by atoms with van der Waals surface area (Å²) < 4.78 is 45.4. The van der Waals surface area contributed by atoms with E-state index < -0.39 is 18.2 Å². The summed E-state index contributed by atoms with van der Waals surface area (Å²) in [5.74, 6) is -0.847. The lowest BCUT2D eigenvalue weighted by Crippen LogP contribution is -2.19. The number of hydrogen-bond acceptors (Lipinski definition) is 4. The summed E-state index contributed by atoms with van der Waals surface area (Å²) in [5, 5.41) is 2.15. The van der Waals surface area contributed by atoms with Gasteiger partial charge in [0.15, 0.2) is 0 Å². The first kappa shape index (κ1) is 14.9.